The maximum absolute atomic E-state index is 9.17. The Labute approximate surface area is 116 Å². The molecule has 1 heterocycles. The molecule has 1 aliphatic carbocycles. The molecule has 1 aromatic carbocycles. The first-order valence-corrected chi connectivity index (χ1v) is 6.27. The number of fused-ring (bicyclic) bond motifs is 2. The highest BCUT2D eigenvalue weighted by Crippen LogP contribution is 2.37. The summed E-state index contributed by atoms with van der Waals surface area (Å²) in [5, 5.41) is 26.5. The van der Waals surface area contributed by atoms with Crippen LogP contribution in [0.3, 0.4) is 0 Å². The van der Waals surface area contributed by atoms with Crippen molar-refractivity contribution in [3.63, 3.8) is 0 Å². The van der Waals surface area contributed by atoms with Gasteiger partial charge in [0.05, 0.1) is 17.0 Å². The molecule has 1 N–H and O–H groups in total. The summed E-state index contributed by atoms with van der Waals surface area (Å²) in [5.74, 6) is 0. The van der Waals surface area contributed by atoms with Gasteiger partial charge in [-0.2, -0.15) is 10.5 Å². The molecule has 3 rings (SSSR count). The van der Waals surface area contributed by atoms with Crippen molar-refractivity contribution in [2.45, 2.75) is 12.8 Å². The maximum Gasteiger partial charge on any atom is 0.158 e. The van der Waals surface area contributed by atoms with E-state index in [2.05, 4.69) is 4.99 Å². The largest absolute Gasteiger partial charge is 0.298 e. The van der Waals surface area contributed by atoms with Crippen LogP contribution >= 0.6 is 0 Å². The molecule has 0 saturated carbocycles. The van der Waals surface area contributed by atoms with Crippen molar-refractivity contribution in [3.8, 4) is 12.1 Å². The van der Waals surface area contributed by atoms with Gasteiger partial charge in [-0.05, 0) is 24.0 Å². The van der Waals surface area contributed by atoms with Crippen molar-refractivity contribution < 1.29 is 0 Å². The Morgan fingerprint density at radius 3 is 2.55 bits per heavy atom. The third-order valence-corrected chi connectivity index (χ3v) is 3.49. The monoisotopic (exact) mass is 258 g/mol. The van der Waals surface area contributed by atoms with Crippen LogP contribution in [0, 0.1) is 28.1 Å². The lowest BCUT2D eigenvalue weighted by Gasteiger charge is -2.07. The van der Waals surface area contributed by atoms with Gasteiger partial charge in [-0.3, -0.25) is 5.41 Å². The highest BCUT2D eigenvalue weighted by atomic mass is 14.8. The summed E-state index contributed by atoms with van der Waals surface area (Å²) in [4.78, 5) is 4.28. The van der Waals surface area contributed by atoms with Crippen LogP contribution in [0.15, 0.2) is 46.6 Å². The lowest BCUT2D eigenvalue weighted by atomic mass is 9.99. The zero-order valence-corrected chi connectivity index (χ0v) is 10.6. The van der Waals surface area contributed by atoms with Crippen molar-refractivity contribution in [2.24, 2.45) is 4.99 Å². The lowest BCUT2D eigenvalue weighted by Crippen LogP contribution is -2.05. The summed E-state index contributed by atoms with van der Waals surface area (Å²) < 4.78 is 0. The van der Waals surface area contributed by atoms with E-state index in [4.69, 9.17) is 15.9 Å². The molecule has 1 aromatic rings. The van der Waals surface area contributed by atoms with Gasteiger partial charge in [0.1, 0.15) is 12.1 Å². The molecule has 0 saturated heterocycles. The fraction of sp³-hybridized carbons (Fsp3) is 0.125. The highest BCUT2D eigenvalue weighted by Gasteiger charge is 2.27. The lowest BCUT2D eigenvalue weighted by molar-refractivity contribution is 1.05. The quantitative estimate of drug-likeness (QED) is 0.775. The van der Waals surface area contributed by atoms with E-state index in [1.807, 2.05) is 36.4 Å². The first kappa shape index (κ1) is 12.1. The molecule has 4 heteroatoms. The van der Waals surface area contributed by atoms with Crippen molar-refractivity contribution in [1.29, 1.82) is 15.9 Å². The Bertz CT molecular complexity index is 795. The summed E-state index contributed by atoms with van der Waals surface area (Å²) in [6.45, 7) is 0. The van der Waals surface area contributed by atoms with Crippen molar-refractivity contribution >= 4 is 17.0 Å². The molecule has 0 atom stereocenters. The zero-order chi connectivity index (χ0) is 14.1. The number of aliphatic imine (C=N–C) groups is 1. The fourth-order valence-corrected chi connectivity index (χ4v) is 2.56. The Hall–Kier alpha value is -2.98. The predicted molar refractivity (Wildman–Crippen MR) is 76.2 cm³/mol. The first-order chi connectivity index (χ1) is 9.76. The number of nitriles is 2. The average Bonchev–Trinajstić information content (AvgIpc) is 2.71. The summed E-state index contributed by atoms with van der Waals surface area (Å²) in [6, 6.07) is 11.7. The molecule has 0 unspecified atom stereocenters. The van der Waals surface area contributed by atoms with Crippen molar-refractivity contribution in [2.75, 3.05) is 0 Å². The van der Waals surface area contributed by atoms with Crippen LogP contribution in [0.1, 0.15) is 24.0 Å². The van der Waals surface area contributed by atoms with Crippen LogP contribution in [0.2, 0.25) is 0 Å². The van der Waals surface area contributed by atoms with Gasteiger partial charge in [-0.25, -0.2) is 4.99 Å². The number of hydrogen-bond acceptors (Lipinski definition) is 4. The van der Waals surface area contributed by atoms with Crippen molar-refractivity contribution in [3.05, 3.63) is 52.7 Å². The SMILES string of the molecule is N#CC1=CCCC2=C(N=C1C#N)C(=N)c1ccccc12. The number of rotatable bonds is 0. The molecule has 0 spiro atoms. The molecule has 0 radical (unpaired) electrons. The second-order valence-electron chi connectivity index (χ2n) is 4.59. The van der Waals surface area contributed by atoms with Crippen LogP contribution in [-0.2, 0) is 0 Å². The molecule has 0 fully saturated rings. The number of nitrogens with zero attached hydrogens (tertiary/aromatic N) is 3. The van der Waals surface area contributed by atoms with E-state index >= 15 is 0 Å². The minimum Gasteiger partial charge on any atom is -0.298 e. The summed E-state index contributed by atoms with van der Waals surface area (Å²) in [7, 11) is 0. The Morgan fingerprint density at radius 1 is 1.10 bits per heavy atom. The van der Waals surface area contributed by atoms with Gasteiger partial charge in [0.2, 0.25) is 0 Å². The summed E-state index contributed by atoms with van der Waals surface area (Å²) >= 11 is 0. The first-order valence-electron chi connectivity index (χ1n) is 6.27. The maximum atomic E-state index is 9.17. The van der Waals surface area contributed by atoms with E-state index in [1.165, 1.54) is 0 Å². The minimum atomic E-state index is 0.0947. The van der Waals surface area contributed by atoms with Gasteiger partial charge in [-0.1, -0.05) is 30.3 Å². The van der Waals surface area contributed by atoms with Crippen LogP contribution in [0.25, 0.3) is 5.57 Å². The van der Waals surface area contributed by atoms with Crippen LogP contribution in [-0.4, -0.2) is 11.4 Å². The second kappa shape index (κ2) is 4.60. The van der Waals surface area contributed by atoms with Gasteiger partial charge >= 0.3 is 0 Å². The van der Waals surface area contributed by atoms with E-state index in [9.17, 15) is 0 Å². The highest BCUT2D eigenvalue weighted by molar-refractivity contribution is 6.25. The molecular weight excluding hydrogens is 248 g/mol. The molecule has 0 aromatic heterocycles. The Balaban J connectivity index is 2.21. The molecule has 4 nitrogen and oxygen atoms in total. The normalized spacial score (nSPS) is 17.0. The summed E-state index contributed by atoms with van der Waals surface area (Å²) in [5.41, 5.74) is 4.11. The van der Waals surface area contributed by atoms with Gasteiger partial charge in [0, 0.05) is 5.56 Å². The van der Waals surface area contributed by atoms with Crippen LogP contribution < -0.4 is 0 Å². The predicted octanol–water partition coefficient (Wildman–Crippen LogP) is 2.99. The summed E-state index contributed by atoms with van der Waals surface area (Å²) in [6.07, 6.45) is 3.14. The van der Waals surface area contributed by atoms with E-state index in [-0.39, 0.29) is 5.71 Å². The molecule has 94 valence electrons. The van der Waals surface area contributed by atoms with E-state index in [0.29, 0.717) is 23.4 Å². The van der Waals surface area contributed by atoms with Gasteiger partial charge < -0.3 is 0 Å². The third-order valence-electron chi connectivity index (χ3n) is 3.49. The number of allylic oxidation sites excluding steroid dienone is 4. The third kappa shape index (κ3) is 1.67. The van der Waals surface area contributed by atoms with Gasteiger partial charge in [0.25, 0.3) is 0 Å². The van der Waals surface area contributed by atoms with Crippen LogP contribution in [0.4, 0.5) is 0 Å². The fourth-order valence-electron chi connectivity index (χ4n) is 2.56. The van der Waals surface area contributed by atoms with Crippen molar-refractivity contribution in [1.82, 2.24) is 0 Å². The number of hydrogen-bond donors (Lipinski definition) is 1. The van der Waals surface area contributed by atoms with E-state index in [1.54, 1.807) is 6.08 Å². The average molecular weight is 258 g/mol. The van der Waals surface area contributed by atoms with Gasteiger partial charge in [0.15, 0.2) is 5.71 Å². The molecule has 2 aliphatic rings. The Kier molecular flexibility index (Phi) is 2.78. The van der Waals surface area contributed by atoms with E-state index < -0.39 is 0 Å². The smallest absolute Gasteiger partial charge is 0.158 e. The molecule has 0 bridgehead atoms. The number of benzene rings is 1. The molecular formula is C16H10N4. The second-order valence-corrected chi connectivity index (χ2v) is 4.59. The number of nitrogens with one attached hydrogen (secondary N) is 1. The minimum absolute atomic E-state index is 0.0947. The molecule has 20 heavy (non-hydrogen) atoms. The Morgan fingerprint density at radius 2 is 1.85 bits per heavy atom. The van der Waals surface area contributed by atoms with E-state index in [0.717, 1.165) is 23.1 Å². The zero-order valence-electron chi connectivity index (χ0n) is 10.6. The topological polar surface area (TPSA) is 83.8 Å². The standard InChI is InChI=1S/C16H10N4/c17-8-10-4-3-7-13-11-5-1-2-6-12(11)15(19)16(13)20-14(10)9-18/h1-2,4-6,19H,3,7H2. The van der Waals surface area contributed by atoms with Crippen LogP contribution in [0.5, 0.6) is 0 Å². The van der Waals surface area contributed by atoms with Gasteiger partial charge in [-0.15, -0.1) is 0 Å². The molecule has 0 amide bonds. The molecule has 1 aliphatic heterocycles.